The zero-order valence-corrected chi connectivity index (χ0v) is 16.7. The van der Waals surface area contributed by atoms with Crippen LogP contribution < -0.4 is 10.9 Å². The molecule has 1 amide bonds. The minimum absolute atomic E-state index is 0.179. The number of benzene rings is 2. The Hall–Kier alpha value is -4.39. The Balaban J connectivity index is 1.70. The lowest BCUT2D eigenvalue weighted by atomic mass is 10.1. The third-order valence-corrected chi connectivity index (χ3v) is 5.10. The maximum absolute atomic E-state index is 12.9. The number of hydrogen-bond donors (Lipinski definition) is 1. The summed E-state index contributed by atoms with van der Waals surface area (Å²) in [6.45, 7) is 3.45. The average Bonchev–Trinajstić information content (AvgIpc) is 3.37. The number of carbonyl (C=O) groups excluding carboxylic acids is 1. The zero-order valence-electron chi connectivity index (χ0n) is 16.7. The fourth-order valence-electron chi connectivity index (χ4n) is 3.65. The van der Waals surface area contributed by atoms with E-state index >= 15 is 0 Å². The molecule has 0 unspecified atom stereocenters. The summed E-state index contributed by atoms with van der Waals surface area (Å²) in [6, 6.07) is 18.0. The number of aromatic nitrogens is 3. The molecular weight excluding hydrogens is 392 g/mol. The Kier molecular flexibility index (Phi) is 4.29. The van der Waals surface area contributed by atoms with Crippen LogP contribution in [0, 0.1) is 0 Å². The van der Waals surface area contributed by atoms with E-state index in [9.17, 15) is 9.59 Å². The highest BCUT2D eigenvalue weighted by atomic mass is 16.3. The molecule has 31 heavy (non-hydrogen) atoms. The lowest BCUT2D eigenvalue weighted by molar-refractivity contribution is -0.111. The van der Waals surface area contributed by atoms with Gasteiger partial charge in [-0.3, -0.25) is 18.8 Å². The summed E-state index contributed by atoms with van der Waals surface area (Å²) >= 11 is 0. The maximum Gasteiger partial charge on any atom is 0.255 e. The monoisotopic (exact) mass is 410 g/mol. The number of pyridine rings is 1. The van der Waals surface area contributed by atoms with Crippen LogP contribution in [0.2, 0.25) is 0 Å². The van der Waals surface area contributed by atoms with E-state index in [1.807, 2.05) is 37.5 Å². The Bertz CT molecular complexity index is 1520. The van der Waals surface area contributed by atoms with E-state index in [0.29, 0.717) is 28.1 Å². The standard InChI is InChI=1S/C24H18N4O3/c1-3-22(29)25-16-5-7-17(8-6-16)28-23(30)11-10-21-24(28)18-14-15(4-9-20(18)31-21)19-12-13-27(2)26-19/h3-14H,1H2,2H3,(H,25,29). The third-order valence-electron chi connectivity index (χ3n) is 5.10. The molecule has 0 fully saturated rings. The second-order valence-corrected chi connectivity index (χ2v) is 7.15. The first kappa shape index (κ1) is 18.6. The van der Waals surface area contributed by atoms with E-state index in [4.69, 9.17) is 4.42 Å². The van der Waals surface area contributed by atoms with Gasteiger partial charge in [0.15, 0.2) is 5.58 Å². The van der Waals surface area contributed by atoms with Gasteiger partial charge in [-0.25, -0.2) is 0 Å². The van der Waals surface area contributed by atoms with E-state index in [-0.39, 0.29) is 11.5 Å². The van der Waals surface area contributed by atoms with Gasteiger partial charge in [0.1, 0.15) is 11.1 Å². The van der Waals surface area contributed by atoms with E-state index < -0.39 is 0 Å². The van der Waals surface area contributed by atoms with Crippen LogP contribution in [0.4, 0.5) is 5.69 Å². The lowest BCUT2D eigenvalue weighted by Gasteiger charge is -2.09. The number of carbonyl (C=O) groups is 1. The van der Waals surface area contributed by atoms with E-state index in [1.165, 1.54) is 12.1 Å². The molecule has 0 bridgehead atoms. The van der Waals surface area contributed by atoms with Crippen molar-refractivity contribution in [3.8, 4) is 16.9 Å². The molecule has 0 aliphatic rings. The van der Waals surface area contributed by atoms with Gasteiger partial charge in [0, 0.05) is 41.6 Å². The summed E-state index contributed by atoms with van der Waals surface area (Å²) in [5.74, 6) is -0.296. The number of anilines is 1. The van der Waals surface area contributed by atoms with Crippen LogP contribution in [0.25, 0.3) is 39.0 Å². The fourth-order valence-corrected chi connectivity index (χ4v) is 3.65. The second kappa shape index (κ2) is 7.14. The van der Waals surface area contributed by atoms with Crippen LogP contribution in [0.1, 0.15) is 0 Å². The first-order chi connectivity index (χ1) is 15.0. The van der Waals surface area contributed by atoms with Crippen molar-refractivity contribution in [2.75, 3.05) is 5.32 Å². The van der Waals surface area contributed by atoms with Crippen LogP contribution >= 0.6 is 0 Å². The highest BCUT2D eigenvalue weighted by Crippen LogP contribution is 2.32. The predicted molar refractivity (Wildman–Crippen MR) is 120 cm³/mol. The molecule has 7 nitrogen and oxygen atoms in total. The van der Waals surface area contributed by atoms with Gasteiger partial charge in [-0.2, -0.15) is 5.10 Å². The van der Waals surface area contributed by atoms with Gasteiger partial charge < -0.3 is 9.73 Å². The van der Waals surface area contributed by atoms with Crippen molar-refractivity contribution in [2.24, 2.45) is 7.05 Å². The Morgan fingerprint density at radius 1 is 1.06 bits per heavy atom. The summed E-state index contributed by atoms with van der Waals surface area (Å²) in [5, 5.41) is 7.99. The molecule has 0 radical (unpaired) electrons. The second-order valence-electron chi connectivity index (χ2n) is 7.15. The van der Waals surface area contributed by atoms with Crippen LogP contribution in [0.15, 0.2) is 88.7 Å². The number of furan rings is 1. The number of nitrogens with zero attached hydrogens (tertiary/aromatic N) is 3. The smallest absolute Gasteiger partial charge is 0.255 e. The minimum Gasteiger partial charge on any atom is -0.454 e. The van der Waals surface area contributed by atoms with Gasteiger partial charge in [0.05, 0.1) is 5.69 Å². The molecule has 0 aliphatic heterocycles. The molecule has 0 saturated heterocycles. The first-order valence-corrected chi connectivity index (χ1v) is 9.66. The molecule has 5 rings (SSSR count). The van der Waals surface area contributed by atoms with Crippen molar-refractivity contribution in [3.63, 3.8) is 0 Å². The first-order valence-electron chi connectivity index (χ1n) is 9.66. The van der Waals surface area contributed by atoms with Gasteiger partial charge in [-0.1, -0.05) is 6.58 Å². The van der Waals surface area contributed by atoms with Crippen molar-refractivity contribution in [2.45, 2.75) is 0 Å². The van der Waals surface area contributed by atoms with Crippen LogP contribution in [-0.2, 0) is 11.8 Å². The van der Waals surface area contributed by atoms with Crippen LogP contribution in [0.5, 0.6) is 0 Å². The van der Waals surface area contributed by atoms with E-state index in [0.717, 1.165) is 16.6 Å². The lowest BCUT2D eigenvalue weighted by Crippen LogP contribution is -2.17. The van der Waals surface area contributed by atoms with Crippen LogP contribution in [0.3, 0.4) is 0 Å². The molecule has 0 spiro atoms. The zero-order chi connectivity index (χ0) is 21.5. The number of aryl methyl sites for hydroxylation is 1. The summed E-state index contributed by atoms with van der Waals surface area (Å²) < 4.78 is 9.36. The topological polar surface area (TPSA) is 82.1 Å². The summed E-state index contributed by atoms with van der Waals surface area (Å²) in [5.41, 5.74) is 4.85. The summed E-state index contributed by atoms with van der Waals surface area (Å²) in [6.07, 6.45) is 3.09. The SMILES string of the molecule is C=CC(=O)Nc1ccc(-n2c(=O)ccc3oc4ccc(-c5ccn(C)n5)cc4c32)cc1. The molecular formula is C24H18N4O3. The predicted octanol–water partition coefficient (Wildman–Crippen LogP) is 4.26. The Morgan fingerprint density at radius 2 is 1.84 bits per heavy atom. The number of hydrogen-bond acceptors (Lipinski definition) is 4. The normalized spacial score (nSPS) is 11.1. The van der Waals surface area contributed by atoms with Crippen molar-refractivity contribution < 1.29 is 9.21 Å². The van der Waals surface area contributed by atoms with Gasteiger partial charge in [-0.15, -0.1) is 0 Å². The maximum atomic E-state index is 12.9. The van der Waals surface area contributed by atoms with Gasteiger partial charge in [0.2, 0.25) is 5.91 Å². The summed E-state index contributed by atoms with van der Waals surface area (Å²) in [4.78, 5) is 24.4. The molecule has 1 N–H and O–H groups in total. The third kappa shape index (κ3) is 3.22. The number of fused-ring (bicyclic) bond motifs is 3. The van der Waals surface area contributed by atoms with Crippen molar-refractivity contribution in [3.05, 3.63) is 89.9 Å². The summed E-state index contributed by atoms with van der Waals surface area (Å²) in [7, 11) is 1.87. The van der Waals surface area contributed by atoms with Gasteiger partial charge in [0.25, 0.3) is 5.56 Å². The fraction of sp³-hybridized carbons (Fsp3) is 0.0417. The number of nitrogens with one attached hydrogen (secondary N) is 1. The Labute approximate surface area is 176 Å². The van der Waals surface area contributed by atoms with E-state index in [1.54, 1.807) is 39.6 Å². The average molecular weight is 410 g/mol. The molecule has 5 aromatic rings. The number of rotatable bonds is 4. The number of amides is 1. The molecule has 2 aromatic carbocycles. The molecule has 7 heteroatoms. The van der Waals surface area contributed by atoms with Crippen LogP contribution in [-0.4, -0.2) is 20.3 Å². The molecule has 3 aromatic heterocycles. The largest absolute Gasteiger partial charge is 0.454 e. The van der Waals surface area contributed by atoms with Crippen molar-refractivity contribution in [1.29, 1.82) is 0 Å². The van der Waals surface area contributed by atoms with Crippen molar-refractivity contribution in [1.82, 2.24) is 14.3 Å². The minimum atomic E-state index is -0.296. The van der Waals surface area contributed by atoms with Crippen molar-refractivity contribution >= 4 is 33.7 Å². The molecule has 0 aliphatic carbocycles. The molecule has 0 saturated carbocycles. The Morgan fingerprint density at radius 3 is 2.55 bits per heavy atom. The van der Waals surface area contributed by atoms with Gasteiger partial charge >= 0.3 is 0 Å². The van der Waals surface area contributed by atoms with E-state index in [2.05, 4.69) is 17.0 Å². The molecule has 152 valence electrons. The highest BCUT2D eigenvalue weighted by molar-refractivity contribution is 6.05. The molecule has 3 heterocycles. The molecule has 0 atom stereocenters. The van der Waals surface area contributed by atoms with Gasteiger partial charge in [-0.05, 0) is 60.7 Å². The highest BCUT2D eigenvalue weighted by Gasteiger charge is 2.15. The quantitative estimate of drug-likeness (QED) is 0.449.